The lowest BCUT2D eigenvalue weighted by molar-refractivity contribution is -0.145. The van der Waals surface area contributed by atoms with Crippen LogP contribution in [-0.4, -0.2) is 60.4 Å². The minimum absolute atomic E-state index is 0.0243. The van der Waals surface area contributed by atoms with E-state index in [1.165, 1.54) is 0 Å². The maximum Gasteiger partial charge on any atom is 0.246 e. The zero-order chi connectivity index (χ0) is 28.8. The zero-order valence-electron chi connectivity index (χ0n) is 24.8. The van der Waals surface area contributed by atoms with E-state index in [-0.39, 0.29) is 29.7 Å². The fourth-order valence-electron chi connectivity index (χ4n) is 5.37. The van der Waals surface area contributed by atoms with Crippen LogP contribution in [0.1, 0.15) is 79.6 Å². The molecule has 0 aromatic carbocycles. The van der Waals surface area contributed by atoms with Crippen molar-refractivity contribution in [3.63, 3.8) is 0 Å². The first-order valence-corrected chi connectivity index (χ1v) is 14.6. The van der Waals surface area contributed by atoms with Crippen molar-refractivity contribution in [2.75, 3.05) is 13.6 Å². The Hall–Kier alpha value is -2.93. The Labute approximate surface area is 235 Å². The first-order chi connectivity index (χ1) is 18.8. The summed E-state index contributed by atoms with van der Waals surface area (Å²) < 4.78 is 0. The van der Waals surface area contributed by atoms with Crippen LogP contribution in [-0.2, 0) is 14.4 Å². The van der Waals surface area contributed by atoms with Gasteiger partial charge in [-0.05, 0) is 72.3 Å². The maximum absolute atomic E-state index is 14.1. The molecule has 0 aromatic rings. The molecule has 1 aliphatic carbocycles. The molecule has 0 aromatic heterocycles. The van der Waals surface area contributed by atoms with Crippen molar-refractivity contribution in [2.45, 2.75) is 104 Å². The summed E-state index contributed by atoms with van der Waals surface area (Å²) in [6, 6.07) is -1.77. The highest BCUT2D eigenvalue weighted by Crippen LogP contribution is 2.29. The normalized spacial score (nSPS) is 24.0. The van der Waals surface area contributed by atoms with E-state index in [4.69, 9.17) is 0 Å². The highest BCUT2D eigenvalue weighted by Gasteiger charge is 2.42. The van der Waals surface area contributed by atoms with E-state index >= 15 is 0 Å². The minimum Gasteiger partial charge on any atom is -0.351 e. The molecule has 1 fully saturated rings. The quantitative estimate of drug-likeness (QED) is 0.296. The monoisotopic (exact) mass is 538 g/mol. The number of hydrogen-bond donors (Lipinski definition) is 3. The number of carbonyl (C=O) groups is 3. The summed E-state index contributed by atoms with van der Waals surface area (Å²) >= 11 is 0. The Morgan fingerprint density at radius 1 is 1.10 bits per heavy atom. The van der Waals surface area contributed by atoms with Crippen LogP contribution >= 0.6 is 0 Å². The molecule has 1 saturated heterocycles. The second-order valence-electron chi connectivity index (χ2n) is 10.7. The van der Waals surface area contributed by atoms with Crippen molar-refractivity contribution in [3.05, 3.63) is 59.8 Å². The van der Waals surface area contributed by atoms with Gasteiger partial charge in [0.15, 0.2) is 0 Å². The van der Waals surface area contributed by atoms with Crippen LogP contribution in [0.25, 0.3) is 0 Å². The second-order valence-corrected chi connectivity index (χ2v) is 10.7. The average molecular weight is 539 g/mol. The molecule has 5 atom stereocenters. The fraction of sp³-hybridized carbons (Fsp3) is 0.594. The SMILES string of the molecule is C\C=C/C=C\C=C(/C)CNC(=O)C(C)N1C(=O)C(NC(=O)C(CC2=CCCC=C2)NC)C(CC)CCC1CC. The smallest absolute Gasteiger partial charge is 0.246 e. The standard InChI is InChI=1S/C32H50N4O3/c1-7-10-11-13-16-23(4)22-34-30(37)24(5)36-27(9-3)20-19-26(8-2)29(32(36)39)35-31(38)28(33-6)21-25-17-14-12-15-18-25/h7,10-11,13-14,16-18,24,26-29,33H,8-9,12,15,19-22H2,1-6H3,(H,34,37)(H,35,38)/b10-7-,13-11-,23-16+. The van der Waals surface area contributed by atoms with Crippen LogP contribution in [0.5, 0.6) is 0 Å². The van der Waals surface area contributed by atoms with Crippen molar-refractivity contribution in [3.8, 4) is 0 Å². The largest absolute Gasteiger partial charge is 0.351 e. The Balaban J connectivity index is 2.18. The van der Waals surface area contributed by atoms with E-state index in [0.717, 1.165) is 49.7 Å². The van der Waals surface area contributed by atoms with Gasteiger partial charge in [-0.1, -0.05) is 80.0 Å². The third-order valence-electron chi connectivity index (χ3n) is 7.86. The molecule has 3 N–H and O–H groups in total. The van der Waals surface area contributed by atoms with Crippen molar-refractivity contribution in [2.24, 2.45) is 5.92 Å². The molecule has 39 heavy (non-hydrogen) atoms. The number of carbonyl (C=O) groups excluding carboxylic acids is 3. The average Bonchev–Trinajstić information content (AvgIpc) is 3.08. The second kappa shape index (κ2) is 16.9. The molecule has 1 heterocycles. The van der Waals surface area contributed by atoms with Gasteiger partial charge in [-0.3, -0.25) is 14.4 Å². The molecular formula is C32H50N4O3. The molecule has 216 valence electrons. The van der Waals surface area contributed by atoms with Gasteiger partial charge in [-0.2, -0.15) is 0 Å². The molecule has 5 unspecified atom stereocenters. The Bertz CT molecular complexity index is 978. The Kier molecular flexibility index (Phi) is 14.0. The molecule has 2 aliphatic rings. The van der Waals surface area contributed by atoms with E-state index in [1.54, 1.807) is 18.9 Å². The minimum atomic E-state index is -0.653. The number of rotatable bonds is 13. The first-order valence-electron chi connectivity index (χ1n) is 14.6. The number of likely N-dealkylation sites (tertiary alicyclic amines) is 1. The van der Waals surface area contributed by atoms with Crippen molar-refractivity contribution >= 4 is 17.7 Å². The van der Waals surface area contributed by atoms with E-state index < -0.39 is 18.1 Å². The number of allylic oxidation sites excluding steroid dienone is 8. The van der Waals surface area contributed by atoms with Crippen LogP contribution in [0.15, 0.2) is 59.8 Å². The summed E-state index contributed by atoms with van der Waals surface area (Å²) in [5.74, 6) is -0.490. The molecular weight excluding hydrogens is 488 g/mol. The summed E-state index contributed by atoms with van der Waals surface area (Å²) in [5, 5.41) is 9.23. The van der Waals surface area contributed by atoms with E-state index in [1.807, 2.05) is 44.2 Å². The highest BCUT2D eigenvalue weighted by molar-refractivity contribution is 5.93. The molecule has 1 aliphatic heterocycles. The fourth-order valence-corrected chi connectivity index (χ4v) is 5.37. The molecule has 3 amide bonds. The summed E-state index contributed by atoms with van der Waals surface area (Å²) in [7, 11) is 1.78. The van der Waals surface area contributed by atoms with Gasteiger partial charge in [0, 0.05) is 12.6 Å². The number of amides is 3. The van der Waals surface area contributed by atoms with Gasteiger partial charge >= 0.3 is 0 Å². The maximum atomic E-state index is 14.1. The third kappa shape index (κ3) is 9.64. The Morgan fingerprint density at radius 2 is 1.87 bits per heavy atom. The van der Waals surface area contributed by atoms with E-state index in [9.17, 15) is 14.4 Å². The van der Waals surface area contributed by atoms with Crippen LogP contribution in [0.4, 0.5) is 0 Å². The lowest BCUT2D eigenvalue weighted by Crippen LogP contribution is -2.59. The first kappa shape index (κ1) is 32.3. The van der Waals surface area contributed by atoms with Crippen molar-refractivity contribution < 1.29 is 14.4 Å². The molecule has 0 spiro atoms. The number of likely N-dealkylation sites (N-methyl/N-ethyl adjacent to an activating group) is 1. The highest BCUT2D eigenvalue weighted by atomic mass is 16.2. The van der Waals surface area contributed by atoms with Gasteiger partial charge in [0.2, 0.25) is 17.7 Å². The predicted octanol–water partition coefficient (Wildman–Crippen LogP) is 4.74. The van der Waals surface area contributed by atoms with Crippen LogP contribution in [0.3, 0.4) is 0 Å². The Morgan fingerprint density at radius 3 is 2.49 bits per heavy atom. The summed E-state index contributed by atoms with van der Waals surface area (Å²) in [6.07, 6.45) is 21.9. The zero-order valence-corrected chi connectivity index (χ0v) is 24.8. The predicted molar refractivity (Wildman–Crippen MR) is 160 cm³/mol. The van der Waals surface area contributed by atoms with Crippen molar-refractivity contribution in [1.29, 1.82) is 0 Å². The van der Waals surface area contributed by atoms with Crippen LogP contribution in [0, 0.1) is 5.92 Å². The summed E-state index contributed by atoms with van der Waals surface area (Å²) in [6.45, 7) is 10.3. The van der Waals surface area contributed by atoms with Gasteiger partial charge < -0.3 is 20.9 Å². The molecule has 2 rings (SSSR count). The number of nitrogens with zero attached hydrogens (tertiary/aromatic N) is 1. The molecule has 7 nitrogen and oxygen atoms in total. The van der Waals surface area contributed by atoms with Gasteiger partial charge in [0.25, 0.3) is 0 Å². The third-order valence-corrected chi connectivity index (χ3v) is 7.86. The molecule has 0 radical (unpaired) electrons. The van der Waals surface area contributed by atoms with Gasteiger partial charge in [0.05, 0.1) is 6.04 Å². The topological polar surface area (TPSA) is 90.5 Å². The molecule has 0 bridgehead atoms. The van der Waals surface area contributed by atoms with E-state index in [0.29, 0.717) is 13.0 Å². The van der Waals surface area contributed by atoms with Crippen molar-refractivity contribution in [1.82, 2.24) is 20.9 Å². The molecule has 7 heteroatoms. The van der Waals surface area contributed by atoms with Crippen LogP contribution < -0.4 is 16.0 Å². The summed E-state index contributed by atoms with van der Waals surface area (Å²) in [5.41, 5.74) is 2.15. The lowest BCUT2D eigenvalue weighted by Gasteiger charge is -2.36. The van der Waals surface area contributed by atoms with E-state index in [2.05, 4.69) is 48.0 Å². The van der Waals surface area contributed by atoms with Gasteiger partial charge in [-0.15, -0.1) is 0 Å². The lowest BCUT2D eigenvalue weighted by atomic mass is 9.91. The van der Waals surface area contributed by atoms with Crippen LogP contribution in [0.2, 0.25) is 0 Å². The number of hydrogen-bond acceptors (Lipinski definition) is 4. The summed E-state index contributed by atoms with van der Waals surface area (Å²) in [4.78, 5) is 42.4. The van der Waals surface area contributed by atoms with Gasteiger partial charge in [-0.25, -0.2) is 0 Å². The molecule has 0 saturated carbocycles. The number of nitrogens with one attached hydrogen (secondary N) is 3. The van der Waals surface area contributed by atoms with Gasteiger partial charge in [0.1, 0.15) is 12.1 Å².